The first-order valence-electron chi connectivity index (χ1n) is 5.09. The monoisotopic (exact) mass is 259 g/mol. The molecule has 1 atom stereocenters. The maximum Gasteiger partial charge on any atom is 0.326 e. The van der Waals surface area contributed by atoms with Crippen LogP contribution in [0.4, 0.5) is 0 Å². The van der Waals surface area contributed by atoms with Crippen LogP contribution in [-0.4, -0.2) is 35.0 Å². The van der Waals surface area contributed by atoms with Crippen LogP contribution < -0.4 is 0 Å². The van der Waals surface area contributed by atoms with Crippen LogP contribution in [0.5, 0.6) is 0 Å². The standard InChI is InChI=1S/C11H14ClNO4/c1-6(2)8(11(15)16)13(3)10(14)9-7(12)4-5-17-9/h4-6,8H,1-3H3,(H,15,16). The Labute approximate surface area is 104 Å². The summed E-state index contributed by atoms with van der Waals surface area (Å²) in [4.78, 5) is 24.2. The Morgan fingerprint density at radius 3 is 2.41 bits per heavy atom. The zero-order valence-electron chi connectivity index (χ0n) is 9.81. The molecule has 1 unspecified atom stereocenters. The smallest absolute Gasteiger partial charge is 0.326 e. The third-order valence-electron chi connectivity index (χ3n) is 2.43. The van der Waals surface area contributed by atoms with Gasteiger partial charge in [0.1, 0.15) is 6.04 Å². The minimum Gasteiger partial charge on any atom is -0.480 e. The van der Waals surface area contributed by atoms with Gasteiger partial charge in [-0.15, -0.1) is 0 Å². The van der Waals surface area contributed by atoms with Gasteiger partial charge in [0.05, 0.1) is 11.3 Å². The summed E-state index contributed by atoms with van der Waals surface area (Å²) >= 11 is 5.75. The molecule has 0 aromatic carbocycles. The Kier molecular flexibility index (Phi) is 4.17. The van der Waals surface area contributed by atoms with Crippen molar-refractivity contribution in [3.63, 3.8) is 0 Å². The Bertz CT molecular complexity index is 427. The Morgan fingerprint density at radius 2 is 2.06 bits per heavy atom. The molecule has 0 aliphatic rings. The van der Waals surface area contributed by atoms with E-state index in [0.717, 1.165) is 4.90 Å². The number of carbonyl (C=O) groups excluding carboxylic acids is 1. The van der Waals surface area contributed by atoms with Crippen LogP contribution in [0.1, 0.15) is 24.4 Å². The van der Waals surface area contributed by atoms with Gasteiger partial charge in [-0.05, 0) is 12.0 Å². The highest BCUT2D eigenvalue weighted by Gasteiger charge is 2.32. The number of nitrogens with zero attached hydrogens (tertiary/aromatic N) is 1. The highest BCUT2D eigenvalue weighted by molar-refractivity contribution is 6.33. The molecule has 0 spiro atoms. The van der Waals surface area contributed by atoms with Crippen molar-refractivity contribution >= 4 is 23.5 Å². The lowest BCUT2D eigenvalue weighted by molar-refractivity contribution is -0.143. The number of carbonyl (C=O) groups is 2. The number of amides is 1. The Morgan fingerprint density at radius 1 is 1.47 bits per heavy atom. The summed E-state index contributed by atoms with van der Waals surface area (Å²) in [6, 6.07) is 0.525. The number of hydrogen-bond acceptors (Lipinski definition) is 3. The van der Waals surface area contributed by atoms with Crippen molar-refractivity contribution in [2.24, 2.45) is 5.92 Å². The number of carboxylic acid groups (broad SMARTS) is 1. The van der Waals surface area contributed by atoms with Crippen LogP contribution in [-0.2, 0) is 4.79 Å². The maximum atomic E-state index is 12.0. The Hall–Kier alpha value is -1.49. The van der Waals surface area contributed by atoms with Gasteiger partial charge in [0.25, 0.3) is 5.91 Å². The minimum absolute atomic E-state index is 0.0407. The molecule has 1 aromatic heterocycles. The number of halogens is 1. The van der Waals surface area contributed by atoms with Crippen molar-refractivity contribution in [3.05, 3.63) is 23.1 Å². The average molecular weight is 260 g/mol. The van der Waals surface area contributed by atoms with Crippen molar-refractivity contribution < 1.29 is 19.1 Å². The third-order valence-corrected chi connectivity index (χ3v) is 2.73. The molecule has 0 aliphatic carbocycles. The van der Waals surface area contributed by atoms with E-state index < -0.39 is 17.9 Å². The molecule has 0 bridgehead atoms. The lowest BCUT2D eigenvalue weighted by atomic mass is 10.0. The molecule has 1 aromatic rings. The lowest BCUT2D eigenvalue weighted by Gasteiger charge is -2.26. The molecule has 0 aliphatic heterocycles. The molecule has 6 heteroatoms. The molecule has 0 fully saturated rings. The van der Waals surface area contributed by atoms with Crippen molar-refractivity contribution in [1.82, 2.24) is 4.90 Å². The second kappa shape index (κ2) is 5.23. The zero-order chi connectivity index (χ0) is 13.2. The first-order chi connectivity index (χ1) is 7.86. The summed E-state index contributed by atoms with van der Waals surface area (Å²) in [5, 5.41) is 9.25. The van der Waals surface area contributed by atoms with Gasteiger partial charge in [-0.2, -0.15) is 0 Å². The second-order valence-corrected chi connectivity index (χ2v) is 4.45. The van der Waals surface area contributed by atoms with Crippen LogP contribution >= 0.6 is 11.6 Å². The van der Waals surface area contributed by atoms with E-state index in [1.165, 1.54) is 19.4 Å². The van der Waals surface area contributed by atoms with Crippen LogP contribution in [0.25, 0.3) is 0 Å². The SMILES string of the molecule is CC(C)C(C(=O)O)N(C)C(=O)c1occc1Cl. The van der Waals surface area contributed by atoms with E-state index in [9.17, 15) is 9.59 Å². The van der Waals surface area contributed by atoms with E-state index in [1.54, 1.807) is 13.8 Å². The lowest BCUT2D eigenvalue weighted by Crippen LogP contribution is -2.45. The van der Waals surface area contributed by atoms with Gasteiger partial charge in [-0.1, -0.05) is 25.4 Å². The van der Waals surface area contributed by atoms with Crippen LogP contribution in [0.15, 0.2) is 16.7 Å². The van der Waals surface area contributed by atoms with E-state index in [1.807, 2.05) is 0 Å². The molecule has 0 saturated carbocycles. The van der Waals surface area contributed by atoms with Crippen LogP contribution in [0.3, 0.4) is 0 Å². The highest BCUT2D eigenvalue weighted by atomic mass is 35.5. The molecule has 94 valence electrons. The highest BCUT2D eigenvalue weighted by Crippen LogP contribution is 2.20. The number of carboxylic acids is 1. The van der Waals surface area contributed by atoms with Gasteiger partial charge in [-0.25, -0.2) is 4.79 Å². The summed E-state index contributed by atoms with van der Waals surface area (Å²) < 4.78 is 4.94. The van der Waals surface area contributed by atoms with Gasteiger partial charge < -0.3 is 14.4 Å². The minimum atomic E-state index is -1.06. The largest absolute Gasteiger partial charge is 0.480 e. The first kappa shape index (κ1) is 13.6. The van der Waals surface area contributed by atoms with E-state index in [4.69, 9.17) is 21.1 Å². The van der Waals surface area contributed by atoms with Gasteiger partial charge in [0.2, 0.25) is 5.76 Å². The quantitative estimate of drug-likeness (QED) is 0.899. The predicted octanol–water partition coefficient (Wildman–Crippen LogP) is 2.11. The zero-order valence-corrected chi connectivity index (χ0v) is 10.6. The summed E-state index contributed by atoms with van der Waals surface area (Å²) in [6.45, 7) is 3.46. The molecule has 1 rings (SSSR count). The molecule has 0 radical (unpaired) electrons. The van der Waals surface area contributed by atoms with Crippen molar-refractivity contribution in [2.45, 2.75) is 19.9 Å². The second-order valence-electron chi connectivity index (χ2n) is 4.04. The van der Waals surface area contributed by atoms with Gasteiger partial charge >= 0.3 is 5.97 Å². The number of rotatable bonds is 4. The number of furan rings is 1. The van der Waals surface area contributed by atoms with Crippen LogP contribution in [0.2, 0.25) is 5.02 Å². The van der Waals surface area contributed by atoms with Gasteiger partial charge in [-0.3, -0.25) is 4.79 Å². The van der Waals surface area contributed by atoms with Gasteiger partial charge in [0.15, 0.2) is 0 Å². The maximum absolute atomic E-state index is 12.0. The number of likely N-dealkylation sites (N-methyl/N-ethyl adjacent to an activating group) is 1. The molecule has 17 heavy (non-hydrogen) atoms. The van der Waals surface area contributed by atoms with E-state index in [0.29, 0.717) is 0 Å². The average Bonchev–Trinajstić information content (AvgIpc) is 2.62. The summed E-state index contributed by atoms with van der Waals surface area (Å²) in [5.41, 5.74) is 0. The normalized spacial score (nSPS) is 12.5. The fourth-order valence-electron chi connectivity index (χ4n) is 1.63. The molecule has 1 heterocycles. The molecule has 0 saturated heterocycles. The van der Waals surface area contributed by atoms with E-state index in [-0.39, 0.29) is 16.7 Å². The molecular formula is C11H14ClNO4. The number of hydrogen-bond donors (Lipinski definition) is 1. The molecule has 1 amide bonds. The Balaban J connectivity index is 2.96. The van der Waals surface area contributed by atoms with Crippen molar-refractivity contribution in [2.75, 3.05) is 7.05 Å². The summed E-state index contributed by atoms with van der Waals surface area (Å²) in [5.74, 6) is -1.85. The molecular weight excluding hydrogens is 246 g/mol. The van der Waals surface area contributed by atoms with Crippen molar-refractivity contribution in [1.29, 1.82) is 0 Å². The van der Waals surface area contributed by atoms with E-state index >= 15 is 0 Å². The summed E-state index contributed by atoms with van der Waals surface area (Å²) in [7, 11) is 1.42. The van der Waals surface area contributed by atoms with Gasteiger partial charge in [0, 0.05) is 7.05 Å². The fraction of sp³-hybridized carbons (Fsp3) is 0.455. The predicted molar refractivity (Wildman–Crippen MR) is 62.1 cm³/mol. The number of aliphatic carboxylic acids is 1. The molecule has 5 nitrogen and oxygen atoms in total. The third kappa shape index (κ3) is 2.79. The van der Waals surface area contributed by atoms with Crippen LogP contribution in [0, 0.1) is 5.92 Å². The fourth-order valence-corrected chi connectivity index (χ4v) is 1.81. The molecule has 1 N–H and O–H groups in total. The topological polar surface area (TPSA) is 70.8 Å². The first-order valence-corrected chi connectivity index (χ1v) is 5.47. The van der Waals surface area contributed by atoms with Crippen molar-refractivity contribution in [3.8, 4) is 0 Å². The van der Waals surface area contributed by atoms with E-state index in [2.05, 4.69) is 0 Å². The summed E-state index contributed by atoms with van der Waals surface area (Å²) in [6.07, 6.45) is 1.29.